The number of carbonyl (C=O) groups excluding carboxylic acids is 2. The zero-order chi connectivity index (χ0) is 20.0. The zero-order valence-electron chi connectivity index (χ0n) is 15.5. The lowest BCUT2D eigenvalue weighted by Gasteiger charge is -2.23. The van der Waals surface area contributed by atoms with Crippen molar-refractivity contribution in [3.63, 3.8) is 0 Å². The fraction of sp³-hybridized carbons (Fsp3) is 0.333. The van der Waals surface area contributed by atoms with E-state index in [2.05, 4.69) is 10.6 Å². The predicted octanol–water partition coefficient (Wildman–Crippen LogP) is 3.62. The number of urea groups is 1. The number of rotatable bonds is 7. The minimum atomic E-state index is -0.575. The number of ether oxygens (including phenoxy) is 2. The zero-order valence-corrected chi connectivity index (χ0v) is 17.1. The smallest absolute Gasteiger partial charge is 0.341 e. The molecule has 1 aromatic carbocycles. The lowest BCUT2D eigenvalue weighted by Crippen LogP contribution is -2.36. The van der Waals surface area contributed by atoms with Crippen LogP contribution in [0.3, 0.4) is 0 Å². The predicted molar refractivity (Wildman–Crippen MR) is 107 cm³/mol. The van der Waals surface area contributed by atoms with E-state index < -0.39 is 12.0 Å². The number of carbonyl (C=O) groups is 2. The maximum Gasteiger partial charge on any atom is 0.341 e. The molecule has 7 nitrogen and oxygen atoms in total. The maximum absolute atomic E-state index is 12.3. The number of thiophene rings is 1. The van der Waals surface area contributed by atoms with E-state index in [-0.39, 0.29) is 22.4 Å². The molecule has 2 amide bonds. The van der Waals surface area contributed by atoms with Crippen molar-refractivity contribution in [1.29, 1.82) is 0 Å². The SMILES string of the molecule is COC(=O)c1cc(Cl)c(NC(=O)NC[C@H](c2cccs2)N(C)C)cc1OC. The van der Waals surface area contributed by atoms with Gasteiger partial charge in [-0.2, -0.15) is 0 Å². The number of hydrogen-bond donors (Lipinski definition) is 2. The van der Waals surface area contributed by atoms with Crippen LogP contribution in [-0.2, 0) is 4.74 Å². The van der Waals surface area contributed by atoms with Gasteiger partial charge in [0.15, 0.2) is 0 Å². The Morgan fingerprint density at radius 1 is 1.30 bits per heavy atom. The van der Waals surface area contributed by atoms with Crippen LogP contribution < -0.4 is 15.4 Å². The molecule has 1 atom stereocenters. The summed E-state index contributed by atoms with van der Waals surface area (Å²) in [4.78, 5) is 27.3. The molecule has 146 valence electrons. The van der Waals surface area contributed by atoms with Gasteiger partial charge in [0.05, 0.1) is 31.0 Å². The summed E-state index contributed by atoms with van der Waals surface area (Å²) in [6.07, 6.45) is 0. The van der Waals surface area contributed by atoms with Crippen LogP contribution in [-0.4, -0.2) is 51.8 Å². The van der Waals surface area contributed by atoms with Gasteiger partial charge in [-0.25, -0.2) is 9.59 Å². The van der Waals surface area contributed by atoms with E-state index in [0.29, 0.717) is 12.2 Å². The summed E-state index contributed by atoms with van der Waals surface area (Å²) in [7, 11) is 6.60. The molecule has 0 aliphatic heterocycles. The van der Waals surface area contributed by atoms with Gasteiger partial charge in [0, 0.05) is 17.5 Å². The second-order valence-corrected chi connectivity index (χ2v) is 7.24. The van der Waals surface area contributed by atoms with Gasteiger partial charge in [-0.15, -0.1) is 11.3 Å². The maximum atomic E-state index is 12.3. The van der Waals surface area contributed by atoms with Crippen molar-refractivity contribution >= 4 is 40.6 Å². The number of anilines is 1. The van der Waals surface area contributed by atoms with Gasteiger partial charge in [0.2, 0.25) is 0 Å². The molecule has 0 fully saturated rings. The minimum absolute atomic E-state index is 0.0578. The molecular weight excluding hydrogens is 390 g/mol. The number of esters is 1. The van der Waals surface area contributed by atoms with Crippen molar-refractivity contribution in [1.82, 2.24) is 10.2 Å². The standard InChI is InChI=1S/C18H22ClN3O4S/c1-22(2)14(16-6-5-7-27-16)10-20-18(24)21-13-9-15(25-3)11(8-12(13)19)17(23)26-4/h5-9,14H,10H2,1-4H3,(H2,20,21,24)/t14-/m1/s1. The molecular formula is C18H22ClN3O4S. The van der Waals surface area contributed by atoms with Gasteiger partial charge < -0.3 is 25.0 Å². The quantitative estimate of drug-likeness (QED) is 0.680. The second kappa shape index (κ2) is 9.59. The van der Waals surface area contributed by atoms with Crippen LogP contribution in [0.15, 0.2) is 29.6 Å². The Balaban J connectivity index is 2.08. The Morgan fingerprint density at radius 3 is 2.59 bits per heavy atom. The lowest BCUT2D eigenvalue weighted by molar-refractivity contribution is 0.0597. The van der Waals surface area contributed by atoms with Crippen molar-refractivity contribution in [2.45, 2.75) is 6.04 Å². The van der Waals surface area contributed by atoms with E-state index in [1.165, 1.54) is 26.4 Å². The summed E-state index contributed by atoms with van der Waals surface area (Å²) in [6, 6.07) is 6.54. The third-order valence-electron chi connectivity index (χ3n) is 3.89. The number of nitrogens with one attached hydrogen (secondary N) is 2. The van der Waals surface area contributed by atoms with Crippen LogP contribution in [0.25, 0.3) is 0 Å². The molecule has 0 unspecified atom stereocenters. The topological polar surface area (TPSA) is 79.9 Å². The summed E-state index contributed by atoms with van der Waals surface area (Å²) in [5.41, 5.74) is 0.512. The number of amides is 2. The number of nitrogens with zero attached hydrogens (tertiary/aromatic N) is 1. The molecule has 1 heterocycles. The Hall–Kier alpha value is -2.29. The lowest BCUT2D eigenvalue weighted by atomic mass is 10.1. The third-order valence-corrected chi connectivity index (χ3v) is 5.18. The highest BCUT2D eigenvalue weighted by Gasteiger charge is 2.19. The third kappa shape index (κ3) is 5.35. The summed E-state index contributed by atoms with van der Waals surface area (Å²) in [6.45, 7) is 0.425. The average Bonchev–Trinajstić information content (AvgIpc) is 3.16. The van der Waals surface area contributed by atoms with Crippen LogP contribution >= 0.6 is 22.9 Å². The largest absolute Gasteiger partial charge is 0.496 e. The van der Waals surface area contributed by atoms with Gasteiger partial charge in [0.1, 0.15) is 11.3 Å². The van der Waals surface area contributed by atoms with Crippen molar-refractivity contribution in [2.24, 2.45) is 0 Å². The minimum Gasteiger partial charge on any atom is -0.496 e. The van der Waals surface area contributed by atoms with Gasteiger partial charge >= 0.3 is 12.0 Å². The average molecular weight is 412 g/mol. The normalized spacial score (nSPS) is 11.8. The first-order valence-corrected chi connectivity index (χ1v) is 9.33. The highest BCUT2D eigenvalue weighted by Crippen LogP contribution is 2.31. The van der Waals surface area contributed by atoms with Crippen LogP contribution in [0.4, 0.5) is 10.5 Å². The summed E-state index contributed by atoms with van der Waals surface area (Å²) in [5, 5.41) is 7.72. The monoisotopic (exact) mass is 411 g/mol. The molecule has 0 saturated heterocycles. The molecule has 2 aromatic rings. The van der Waals surface area contributed by atoms with E-state index >= 15 is 0 Å². The summed E-state index contributed by atoms with van der Waals surface area (Å²) >= 11 is 7.82. The molecule has 2 rings (SSSR count). The van der Waals surface area contributed by atoms with E-state index in [4.69, 9.17) is 21.1 Å². The fourth-order valence-electron chi connectivity index (χ4n) is 2.46. The second-order valence-electron chi connectivity index (χ2n) is 5.85. The number of likely N-dealkylation sites (N-methyl/N-ethyl adjacent to an activating group) is 1. The van der Waals surface area contributed by atoms with E-state index in [9.17, 15) is 9.59 Å². The van der Waals surface area contributed by atoms with Gasteiger partial charge in [0.25, 0.3) is 0 Å². The Labute approximate surface area is 167 Å². The van der Waals surface area contributed by atoms with Crippen LogP contribution in [0.1, 0.15) is 21.3 Å². The van der Waals surface area contributed by atoms with Crippen molar-refractivity contribution in [3.8, 4) is 5.75 Å². The van der Waals surface area contributed by atoms with Gasteiger partial charge in [-0.05, 0) is 31.6 Å². The molecule has 0 radical (unpaired) electrons. The molecule has 0 bridgehead atoms. The van der Waals surface area contributed by atoms with E-state index in [0.717, 1.165) is 4.88 Å². The molecule has 0 aliphatic carbocycles. The van der Waals surface area contributed by atoms with E-state index in [1.54, 1.807) is 11.3 Å². The number of methoxy groups -OCH3 is 2. The number of benzene rings is 1. The molecule has 0 saturated carbocycles. The van der Waals surface area contributed by atoms with Crippen LogP contribution in [0, 0.1) is 0 Å². The summed E-state index contributed by atoms with van der Waals surface area (Å²) < 4.78 is 9.88. The Morgan fingerprint density at radius 2 is 2.04 bits per heavy atom. The van der Waals surface area contributed by atoms with Crippen molar-refractivity contribution < 1.29 is 19.1 Å². The number of hydrogen-bond acceptors (Lipinski definition) is 6. The highest BCUT2D eigenvalue weighted by molar-refractivity contribution is 7.10. The first-order valence-electron chi connectivity index (χ1n) is 8.07. The van der Waals surface area contributed by atoms with Gasteiger partial charge in [-0.1, -0.05) is 17.7 Å². The van der Waals surface area contributed by atoms with E-state index in [1.807, 2.05) is 36.5 Å². The Bertz CT molecular complexity index is 796. The molecule has 2 N–H and O–H groups in total. The highest BCUT2D eigenvalue weighted by atomic mass is 35.5. The number of halogens is 1. The molecule has 0 aliphatic rings. The summed E-state index contributed by atoms with van der Waals surface area (Å²) in [5.74, 6) is -0.319. The molecule has 27 heavy (non-hydrogen) atoms. The molecule has 1 aromatic heterocycles. The molecule has 0 spiro atoms. The fourth-order valence-corrected chi connectivity index (χ4v) is 3.60. The van der Waals surface area contributed by atoms with Crippen LogP contribution in [0.2, 0.25) is 5.02 Å². The van der Waals surface area contributed by atoms with Crippen molar-refractivity contribution in [2.75, 3.05) is 40.2 Å². The first kappa shape index (κ1) is 21.0. The van der Waals surface area contributed by atoms with Crippen LogP contribution in [0.5, 0.6) is 5.75 Å². The van der Waals surface area contributed by atoms with Gasteiger partial charge in [-0.3, -0.25) is 0 Å². The molecule has 9 heteroatoms. The van der Waals surface area contributed by atoms with Crippen molar-refractivity contribution in [3.05, 3.63) is 45.1 Å². The first-order chi connectivity index (χ1) is 12.9. The Kier molecular flexibility index (Phi) is 7.46.